The molecule has 7 nitrogen and oxygen atoms in total. The van der Waals surface area contributed by atoms with Crippen molar-refractivity contribution < 1.29 is 9.47 Å². The Morgan fingerprint density at radius 1 is 1.23 bits per heavy atom. The number of aromatic nitrogens is 2. The quantitative estimate of drug-likeness (QED) is 0.325. The lowest BCUT2D eigenvalue weighted by atomic mass is 10.1. The summed E-state index contributed by atoms with van der Waals surface area (Å²) >= 11 is 0. The van der Waals surface area contributed by atoms with Gasteiger partial charge in [0.05, 0.1) is 19.4 Å². The number of hydrogen-bond acceptors (Lipinski definition) is 4. The topological polar surface area (TPSA) is 72.7 Å². The van der Waals surface area contributed by atoms with E-state index in [0.717, 1.165) is 55.5 Å². The molecule has 1 aromatic heterocycles. The maximum atomic E-state index is 5.68. The molecule has 2 N–H and O–H groups in total. The van der Waals surface area contributed by atoms with Crippen molar-refractivity contribution in [2.24, 2.45) is 12.0 Å². The predicted octanol–water partition coefficient (Wildman–Crippen LogP) is 3.56. The Labute approximate surface area is 187 Å². The molecule has 31 heavy (non-hydrogen) atoms. The molecule has 1 atom stereocenters. The van der Waals surface area contributed by atoms with Gasteiger partial charge in [0.15, 0.2) is 17.5 Å². The molecule has 0 spiro atoms. The zero-order valence-electron chi connectivity index (χ0n) is 20.2. The first kappa shape index (κ1) is 24.6. The highest BCUT2D eigenvalue weighted by Gasteiger charge is 2.14. The first-order valence-electron chi connectivity index (χ1n) is 11.2. The zero-order valence-corrected chi connectivity index (χ0v) is 20.2. The zero-order chi connectivity index (χ0) is 22.8. The van der Waals surface area contributed by atoms with E-state index in [1.165, 1.54) is 16.8 Å². The number of rotatable bonds is 11. The van der Waals surface area contributed by atoms with Gasteiger partial charge in [-0.05, 0) is 77.1 Å². The Morgan fingerprint density at radius 2 is 2.00 bits per heavy atom. The van der Waals surface area contributed by atoms with Crippen molar-refractivity contribution in [1.29, 1.82) is 0 Å². The van der Waals surface area contributed by atoms with Gasteiger partial charge in [-0.1, -0.05) is 6.07 Å². The van der Waals surface area contributed by atoms with E-state index in [9.17, 15) is 0 Å². The van der Waals surface area contributed by atoms with Crippen molar-refractivity contribution in [2.75, 3.05) is 26.8 Å². The molecule has 0 aliphatic carbocycles. The molecule has 2 rings (SSSR count). The van der Waals surface area contributed by atoms with E-state index in [2.05, 4.69) is 55.6 Å². The predicted molar refractivity (Wildman–Crippen MR) is 127 cm³/mol. The molecule has 172 valence electrons. The average Bonchev–Trinajstić information content (AvgIpc) is 2.97. The number of benzene rings is 1. The van der Waals surface area contributed by atoms with Gasteiger partial charge in [-0.2, -0.15) is 5.10 Å². The van der Waals surface area contributed by atoms with Crippen LogP contribution < -0.4 is 20.1 Å². The fourth-order valence-electron chi connectivity index (χ4n) is 3.64. The summed E-state index contributed by atoms with van der Waals surface area (Å²) in [5.74, 6) is 2.44. The molecule has 0 fully saturated rings. The molecule has 2 aromatic rings. The standard InChI is InChI=1S/C24H39N5O2/c1-8-25-24(27-17(3)15-21-18(4)28-29(6)19(21)5)26-14-10-11-20-12-13-22(30-7)23(16-20)31-9-2/h12-13,16-17H,8-11,14-15H2,1-7H3,(H2,25,26,27). The van der Waals surface area contributed by atoms with Crippen molar-refractivity contribution in [1.82, 2.24) is 20.4 Å². The lowest BCUT2D eigenvalue weighted by molar-refractivity contribution is 0.310. The first-order chi connectivity index (χ1) is 14.9. The maximum absolute atomic E-state index is 5.68. The van der Waals surface area contributed by atoms with Gasteiger partial charge in [0, 0.05) is 31.9 Å². The summed E-state index contributed by atoms with van der Waals surface area (Å²) in [4.78, 5) is 4.77. The van der Waals surface area contributed by atoms with Gasteiger partial charge in [0.25, 0.3) is 0 Å². The van der Waals surface area contributed by atoms with Crippen LogP contribution in [0.25, 0.3) is 0 Å². The van der Waals surface area contributed by atoms with Crippen LogP contribution in [0.1, 0.15) is 49.7 Å². The SMILES string of the molecule is CCNC(=NCCCc1ccc(OC)c(OCC)c1)NC(C)Cc1c(C)nn(C)c1C. The van der Waals surface area contributed by atoms with E-state index < -0.39 is 0 Å². The summed E-state index contributed by atoms with van der Waals surface area (Å²) in [7, 11) is 3.66. The van der Waals surface area contributed by atoms with Gasteiger partial charge in [-0.25, -0.2) is 0 Å². The lowest BCUT2D eigenvalue weighted by Gasteiger charge is -2.18. The molecule has 1 unspecified atom stereocenters. The number of nitrogens with one attached hydrogen (secondary N) is 2. The summed E-state index contributed by atoms with van der Waals surface area (Å²) in [5.41, 5.74) is 4.86. The summed E-state index contributed by atoms with van der Waals surface area (Å²) in [5, 5.41) is 11.4. The minimum atomic E-state index is 0.259. The number of hydrogen-bond donors (Lipinski definition) is 2. The van der Waals surface area contributed by atoms with Crippen molar-refractivity contribution in [3.8, 4) is 11.5 Å². The Morgan fingerprint density at radius 3 is 2.61 bits per heavy atom. The Balaban J connectivity index is 1.91. The Bertz CT molecular complexity index is 860. The van der Waals surface area contributed by atoms with Gasteiger partial charge in [-0.15, -0.1) is 0 Å². The minimum absolute atomic E-state index is 0.259. The second-order valence-corrected chi connectivity index (χ2v) is 7.80. The third kappa shape index (κ3) is 7.19. The second-order valence-electron chi connectivity index (χ2n) is 7.80. The molecular weight excluding hydrogens is 390 g/mol. The van der Waals surface area contributed by atoms with Crippen LogP contribution in [0.2, 0.25) is 0 Å². The molecule has 0 aliphatic heterocycles. The second kappa shape index (κ2) is 12.2. The molecule has 1 aromatic carbocycles. The molecule has 0 saturated carbocycles. The van der Waals surface area contributed by atoms with Gasteiger partial charge < -0.3 is 20.1 Å². The molecule has 0 aliphatic rings. The molecule has 0 bridgehead atoms. The lowest BCUT2D eigenvalue weighted by Crippen LogP contribution is -2.43. The minimum Gasteiger partial charge on any atom is -0.493 e. The normalized spacial score (nSPS) is 12.5. The highest BCUT2D eigenvalue weighted by Crippen LogP contribution is 2.28. The number of guanidine groups is 1. The van der Waals surface area contributed by atoms with Gasteiger partial charge in [-0.3, -0.25) is 9.67 Å². The van der Waals surface area contributed by atoms with Crippen LogP contribution in [0.5, 0.6) is 11.5 Å². The van der Waals surface area contributed by atoms with Crippen LogP contribution in [0.4, 0.5) is 0 Å². The third-order valence-electron chi connectivity index (χ3n) is 5.32. The molecule has 0 saturated heterocycles. The number of aryl methyl sites for hydroxylation is 3. The summed E-state index contributed by atoms with van der Waals surface area (Å²) in [6, 6.07) is 6.39. The third-order valence-corrected chi connectivity index (χ3v) is 5.32. The van der Waals surface area contributed by atoms with Gasteiger partial charge in [0.2, 0.25) is 0 Å². The number of methoxy groups -OCH3 is 1. The van der Waals surface area contributed by atoms with Crippen LogP contribution in [-0.2, 0) is 19.9 Å². The van der Waals surface area contributed by atoms with Crippen molar-refractivity contribution in [3.63, 3.8) is 0 Å². The number of aliphatic imine (C=N–C) groups is 1. The number of nitrogens with zero attached hydrogens (tertiary/aromatic N) is 3. The van der Waals surface area contributed by atoms with Gasteiger partial charge in [0.1, 0.15) is 0 Å². The molecular formula is C24H39N5O2. The maximum Gasteiger partial charge on any atom is 0.191 e. The van der Waals surface area contributed by atoms with Crippen LogP contribution in [0, 0.1) is 13.8 Å². The molecule has 0 radical (unpaired) electrons. The van der Waals surface area contributed by atoms with Crippen LogP contribution in [0.15, 0.2) is 23.2 Å². The highest BCUT2D eigenvalue weighted by atomic mass is 16.5. The fraction of sp³-hybridized carbons (Fsp3) is 0.583. The summed E-state index contributed by atoms with van der Waals surface area (Å²) in [6.45, 7) is 12.7. The largest absolute Gasteiger partial charge is 0.493 e. The van der Waals surface area contributed by atoms with E-state index in [1.54, 1.807) is 7.11 Å². The van der Waals surface area contributed by atoms with E-state index >= 15 is 0 Å². The van der Waals surface area contributed by atoms with E-state index in [-0.39, 0.29) is 6.04 Å². The first-order valence-corrected chi connectivity index (χ1v) is 11.2. The van der Waals surface area contributed by atoms with Crippen LogP contribution >= 0.6 is 0 Å². The Hall–Kier alpha value is -2.70. The van der Waals surface area contributed by atoms with Crippen LogP contribution in [0.3, 0.4) is 0 Å². The van der Waals surface area contributed by atoms with E-state index in [1.807, 2.05) is 24.7 Å². The number of ether oxygens (including phenoxy) is 2. The average molecular weight is 430 g/mol. The molecule has 7 heteroatoms. The Kier molecular flexibility index (Phi) is 9.69. The summed E-state index contributed by atoms with van der Waals surface area (Å²) < 4.78 is 13.0. The van der Waals surface area contributed by atoms with Crippen molar-refractivity contribution >= 4 is 5.96 Å². The molecule has 0 amide bonds. The van der Waals surface area contributed by atoms with Crippen molar-refractivity contribution in [3.05, 3.63) is 40.7 Å². The van der Waals surface area contributed by atoms with Crippen LogP contribution in [-0.4, -0.2) is 48.6 Å². The van der Waals surface area contributed by atoms with E-state index in [0.29, 0.717) is 6.61 Å². The fourth-order valence-corrected chi connectivity index (χ4v) is 3.64. The smallest absolute Gasteiger partial charge is 0.191 e. The molecule has 1 heterocycles. The summed E-state index contributed by atoms with van der Waals surface area (Å²) in [6.07, 6.45) is 2.82. The van der Waals surface area contributed by atoms with E-state index in [4.69, 9.17) is 14.5 Å². The highest BCUT2D eigenvalue weighted by molar-refractivity contribution is 5.80. The monoisotopic (exact) mass is 429 g/mol. The van der Waals surface area contributed by atoms with Crippen molar-refractivity contribution in [2.45, 2.75) is 59.9 Å². The van der Waals surface area contributed by atoms with Gasteiger partial charge >= 0.3 is 0 Å².